The Morgan fingerprint density at radius 2 is 0.927 bits per heavy atom. The maximum absolute atomic E-state index is 19.8. The lowest BCUT2D eigenvalue weighted by atomic mass is 9.47. The van der Waals surface area contributed by atoms with Crippen molar-refractivity contribution in [2.75, 3.05) is 65.9 Å². The topological polar surface area (TPSA) is 231 Å². The number of halogens is 6. The van der Waals surface area contributed by atoms with Gasteiger partial charge in [0.25, 0.3) is 0 Å². The van der Waals surface area contributed by atoms with E-state index in [4.69, 9.17) is 0 Å². The van der Waals surface area contributed by atoms with Crippen LogP contribution >= 0.6 is 0 Å². The van der Waals surface area contributed by atoms with Gasteiger partial charge in [0.15, 0.2) is 63.7 Å². The van der Waals surface area contributed by atoms with Crippen molar-refractivity contribution >= 4 is 48.5 Å². The van der Waals surface area contributed by atoms with Gasteiger partial charge in [0.1, 0.15) is 11.6 Å². The molecule has 2 unspecified atom stereocenters. The molecule has 82 heavy (non-hydrogen) atoms. The molecule has 4 aromatic rings. The first-order chi connectivity index (χ1) is 38.5. The highest BCUT2D eigenvalue weighted by atomic mass is 32.2. The predicted octanol–water partition coefficient (Wildman–Crippen LogP) is 9.09. The largest absolute Gasteiger partial charge is 0.505 e. The molecule has 0 bridgehead atoms. The van der Waals surface area contributed by atoms with Crippen LogP contribution in [0, 0.1) is 71.6 Å². The van der Waals surface area contributed by atoms with Gasteiger partial charge in [0.05, 0.1) is 34.5 Å². The van der Waals surface area contributed by atoms with E-state index >= 15 is 40.7 Å². The number of hydrogen-bond acceptors (Lipinski definition) is 13. The highest BCUT2D eigenvalue weighted by Crippen LogP contribution is 2.66. The summed E-state index contributed by atoms with van der Waals surface area (Å²) in [5.74, 6) is -25.1. The Morgan fingerprint density at radius 3 is 1.26 bits per heavy atom. The molecule has 2 saturated heterocycles. The fraction of sp³-hybridized carbons (Fsp3) is 0.407. The summed E-state index contributed by atoms with van der Waals surface area (Å²) in [6, 6.07) is 12.7. The molecule has 4 aromatic carbocycles. The van der Waals surface area contributed by atoms with Crippen LogP contribution in [0.15, 0.2) is 107 Å². The number of rotatable bonds is 18. The third kappa shape index (κ3) is 10.7. The number of phenolic OH excluding ortho intramolecular Hbond substituents is 2. The van der Waals surface area contributed by atoms with E-state index in [1.807, 2.05) is 0 Å². The lowest BCUT2D eigenvalue weighted by molar-refractivity contribution is -0.146. The van der Waals surface area contributed by atoms with Crippen LogP contribution in [-0.4, -0.2) is 129 Å². The number of nitrogens with zero attached hydrogens (tertiary/aromatic N) is 2. The van der Waals surface area contributed by atoms with E-state index in [1.54, 1.807) is 0 Å². The summed E-state index contributed by atoms with van der Waals surface area (Å²) in [7, 11) is -6.57. The number of carbonyl (C=O) groups is 3. The van der Waals surface area contributed by atoms with Crippen molar-refractivity contribution in [3.63, 3.8) is 0 Å². The molecule has 0 saturated carbocycles. The van der Waals surface area contributed by atoms with Crippen molar-refractivity contribution in [1.82, 2.24) is 19.2 Å². The molecule has 2 aliphatic carbocycles. The van der Waals surface area contributed by atoms with E-state index in [0.717, 1.165) is 87.3 Å². The number of Topliss-reactive ketones (excluding diaryl/α,β-unsaturated/α-hetero) is 3. The first-order valence-corrected chi connectivity index (χ1v) is 30.3. The van der Waals surface area contributed by atoms with Crippen LogP contribution in [0.3, 0.4) is 0 Å². The molecular weight excluding hydrogens is 1120 g/mol. The van der Waals surface area contributed by atoms with Crippen molar-refractivity contribution < 1.29 is 78.0 Å². The Hall–Kier alpha value is -6.63. The normalized spacial score (nSPS) is 24.0. The van der Waals surface area contributed by atoms with Gasteiger partial charge in [0, 0.05) is 61.3 Å². The number of aliphatic hydroxyl groups is 2. The molecule has 2 heterocycles. The van der Waals surface area contributed by atoms with E-state index in [2.05, 4.69) is 10.6 Å². The number of piperidine rings is 2. The quantitative estimate of drug-likeness (QED) is 0.0404. The summed E-state index contributed by atoms with van der Waals surface area (Å²) < 4.78 is 160. The molecule has 8 rings (SSSR count). The number of carbonyl (C=O) groups excluding carboxylic acids is 3. The fourth-order valence-electron chi connectivity index (χ4n) is 12.7. The minimum Gasteiger partial charge on any atom is -0.505 e. The first-order valence-electron chi connectivity index (χ1n) is 26.6. The summed E-state index contributed by atoms with van der Waals surface area (Å²) >= 11 is 0. The second-order valence-electron chi connectivity index (χ2n) is 21.8. The minimum atomic E-state index is -4.34. The van der Waals surface area contributed by atoms with Gasteiger partial charge in [-0.25, -0.2) is 51.8 Å². The number of benzene rings is 4. The van der Waals surface area contributed by atoms with Crippen LogP contribution in [0.2, 0.25) is 0 Å². The zero-order valence-electron chi connectivity index (χ0n) is 45.8. The maximum atomic E-state index is 19.8. The van der Waals surface area contributed by atoms with Crippen molar-refractivity contribution in [1.29, 1.82) is 0 Å². The predicted molar refractivity (Wildman–Crippen MR) is 295 cm³/mol. The number of sulfonamides is 2. The number of nitrogens with one attached hydrogen (secondary N) is 2. The van der Waals surface area contributed by atoms with E-state index in [0.29, 0.717) is 21.7 Å². The zero-order chi connectivity index (χ0) is 60.1. The van der Waals surface area contributed by atoms with Crippen molar-refractivity contribution in [3.8, 4) is 11.5 Å². The van der Waals surface area contributed by atoms with Gasteiger partial charge >= 0.3 is 0 Å². The van der Waals surface area contributed by atoms with Gasteiger partial charge in [-0.05, 0) is 149 Å². The fourth-order valence-corrected chi connectivity index (χ4v) is 13.6. The van der Waals surface area contributed by atoms with E-state index in [9.17, 15) is 37.3 Å². The van der Waals surface area contributed by atoms with Gasteiger partial charge in [0.2, 0.25) is 20.0 Å². The number of phenols is 2. The molecule has 4 aliphatic rings. The number of aliphatic hydroxyl groups excluding tert-OH is 2. The molecule has 6 atom stereocenters. The average molecular weight is 1180 g/mol. The highest BCUT2D eigenvalue weighted by molar-refractivity contribution is 7.88. The Kier molecular flexibility index (Phi) is 17.6. The minimum absolute atomic E-state index is 0.0376. The molecule has 2 fully saturated rings. The number of allylic oxidation sites excluding steroid dienone is 6. The van der Waals surface area contributed by atoms with Crippen molar-refractivity contribution in [2.45, 2.75) is 52.4 Å². The summed E-state index contributed by atoms with van der Waals surface area (Å²) in [4.78, 5) is 49.9. The third-order valence-corrected chi connectivity index (χ3v) is 19.7. The Labute approximate surface area is 471 Å². The SMILES string of the molecule is Cc1c(F)cccc1C1=C(C(=O)c2cccc(O)c2F)[C@H](C2CCCNC2)[C@@](CCN(C)S(C)(=O)=O)(C(=O)[C@@]2(CCN(C)S(C)(=O)=O)C(F)=C(O)C(c3cccc(F)c3C)=C(C(=O)c3cccc(O)c3F)[C@@H]2C2CCCNC2)C(F)=C1O. The third-order valence-electron chi connectivity index (χ3n) is 17.1. The van der Waals surface area contributed by atoms with Gasteiger partial charge in [-0.3, -0.25) is 14.4 Å². The van der Waals surface area contributed by atoms with Crippen LogP contribution in [0.4, 0.5) is 26.3 Å². The van der Waals surface area contributed by atoms with Crippen LogP contribution in [0.5, 0.6) is 11.5 Å². The van der Waals surface area contributed by atoms with Gasteiger partial charge in [-0.1, -0.05) is 36.4 Å². The van der Waals surface area contributed by atoms with E-state index in [1.165, 1.54) is 26.0 Å². The smallest absolute Gasteiger partial charge is 0.210 e. The summed E-state index contributed by atoms with van der Waals surface area (Å²) in [5.41, 5.74) is -12.9. The Bertz CT molecular complexity index is 3400. The van der Waals surface area contributed by atoms with Gasteiger partial charge in [-0.15, -0.1) is 0 Å². The Balaban J connectivity index is 1.62. The molecule has 0 spiro atoms. The molecule has 23 heteroatoms. The number of hydrogen-bond donors (Lipinski definition) is 6. The molecule has 15 nitrogen and oxygen atoms in total. The van der Waals surface area contributed by atoms with Gasteiger partial charge < -0.3 is 31.1 Å². The summed E-state index contributed by atoms with van der Waals surface area (Å²) in [6.45, 7) is 0.802. The lowest BCUT2D eigenvalue weighted by Crippen LogP contribution is -2.61. The van der Waals surface area contributed by atoms with E-state index in [-0.39, 0.29) is 61.0 Å². The Morgan fingerprint density at radius 1 is 0.573 bits per heavy atom. The van der Waals surface area contributed by atoms with Crippen LogP contribution < -0.4 is 10.6 Å². The molecule has 6 N–H and O–H groups in total. The van der Waals surface area contributed by atoms with Crippen LogP contribution in [-0.2, 0) is 24.8 Å². The van der Waals surface area contributed by atoms with Crippen molar-refractivity contribution in [2.24, 2.45) is 34.5 Å². The summed E-state index contributed by atoms with van der Waals surface area (Å²) in [6.07, 6.45) is -0.385. The lowest BCUT2D eigenvalue weighted by Gasteiger charge is -2.55. The highest BCUT2D eigenvalue weighted by Gasteiger charge is 2.69. The van der Waals surface area contributed by atoms with E-state index < -0.39 is 189 Å². The second-order valence-corrected chi connectivity index (χ2v) is 26.0. The van der Waals surface area contributed by atoms with Crippen LogP contribution in [0.1, 0.15) is 81.5 Å². The molecule has 2 aliphatic heterocycles. The second kappa shape index (κ2) is 23.6. The molecular formula is C59H64F6N4O11S2. The van der Waals surface area contributed by atoms with Crippen molar-refractivity contribution in [3.05, 3.63) is 164 Å². The number of ketones is 3. The number of aromatic hydroxyl groups is 2. The molecule has 0 radical (unpaired) electrons. The molecule has 440 valence electrons. The monoisotopic (exact) mass is 1180 g/mol. The summed E-state index contributed by atoms with van der Waals surface area (Å²) in [5, 5.41) is 53.8. The van der Waals surface area contributed by atoms with Crippen LogP contribution in [0.25, 0.3) is 11.1 Å². The standard InChI is InChI=1S/C59H64F6N4O11S2/c1-31-35(15-7-19-39(31)60)43-45(51(72)37-17-9-21-41(70)49(37)62)47(33-13-11-25-66-29-33)58(55(64)53(43)74,23-27-68(3)81(5,77)78)57(76)59(24-28-69(4)82(6,79)80)48(34-14-12-26-67-30-34)46(52(73)38-18-10-22-42(71)50(38)63)44(54(75)56(59)65)36-16-8-20-40(61)32(36)2/h7-10,15-22,33-34,47-48,66-67,70-71,74-75H,11-14,23-30H2,1-6H3/t33?,34?,47-,48-,58+,59+/m0/s1. The zero-order valence-corrected chi connectivity index (χ0v) is 47.5. The molecule has 0 aromatic heterocycles. The van der Waals surface area contributed by atoms with Gasteiger partial charge in [-0.2, -0.15) is 0 Å². The molecule has 0 amide bonds. The first kappa shape index (κ1) is 61.4. The maximum Gasteiger partial charge on any atom is 0.210 e. The average Bonchev–Trinajstić information content (AvgIpc) is 0.790.